The molecule has 1 aliphatic carbocycles. The van der Waals surface area contributed by atoms with Gasteiger partial charge in [-0.3, -0.25) is 0 Å². The molecular weight excluding hydrogens is 374 g/mol. The Morgan fingerprint density at radius 3 is 2.62 bits per heavy atom. The molecule has 0 radical (unpaired) electrons. The largest absolute Gasteiger partial charge is 0.345 e. The fraction of sp³-hybridized carbons (Fsp3) is 0.160. The van der Waals surface area contributed by atoms with Crippen LogP contribution in [0.5, 0.6) is 0 Å². The molecule has 142 valence electrons. The molecule has 2 aromatic heterocycles. The minimum Gasteiger partial charge on any atom is -0.345 e. The number of imidazole rings is 1. The predicted molar refractivity (Wildman–Crippen MR) is 121 cm³/mol. The molecule has 0 spiro atoms. The first-order valence-corrected chi connectivity index (χ1v) is 11.0. The van der Waals surface area contributed by atoms with Crippen LogP contribution in [0.4, 0.5) is 0 Å². The molecule has 0 unspecified atom stereocenters. The molecule has 0 atom stereocenters. The molecule has 3 aromatic carbocycles. The van der Waals surface area contributed by atoms with Crippen LogP contribution in [0.1, 0.15) is 16.7 Å². The number of aromatic amines is 1. The van der Waals surface area contributed by atoms with Gasteiger partial charge in [-0.15, -0.1) is 11.3 Å². The van der Waals surface area contributed by atoms with Gasteiger partial charge in [-0.25, -0.2) is 4.98 Å². The van der Waals surface area contributed by atoms with Gasteiger partial charge in [0.1, 0.15) is 0 Å². The Bertz CT molecular complexity index is 1310. The van der Waals surface area contributed by atoms with Crippen LogP contribution < -0.4 is 5.32 Å². The molecule has 29 heavy (non-hydrogen) atoms. The number of hydrogen-bond acceptors (Lipinski definition) is 3. The number of hydrogen-bond donors (Lipinski definition) is 2. The number of nitrogens with one attached hydrogen (secondary N) is 2. The summed E-state index contributed by atoms with van der Waals surface area (Å²) in [6.45, 7) is 0.918. The van der Waals surface area contributed by atoms with Gasteiger partial charge < -0.3 is 10.3 Å². The highest BCUT2D eigenvalue weighted by molar-refractivity contribution is 7.17. The van der Waals surface area contributed by atoms with Crippen LogP contribution in [-0.2, 0) is 19.4 Å². The highest BCUT2D eigenvalue weighted by atomic mass is 32.1. The number of nitrogens with zero attached hydrogens (tertiary/aromatic N) is 1. The number of fused-ring (bicyclic) bond motifs is 3. The van der Waals surface area contributed by atoms with Gasteiger partial charge in [0, 0.05) is 17.3 Å². The third-order valence-corrected chi connectivity index (χ3v) is 7.05. The van der Waals surface area contributed by atoms with Gasteiger partial charge in [0.05, 0.1) is 17.4 Å². The van der Waals surface area contributed by atoms with Crippen LogP contribution in [0.3, 0.4) is 0 Å². The Labute approximate surface area is 173 Å². The predicted octanol–water partition coefficient (Wildman–Crippen LogP) is 5.70. The van der Waals surface area contributed by atoms with E-state index in [4.69, 9.17) is 0 Å². The monoisotopic (exact) mass is 395 g/mol. The first kappa shape index (κ1) is 17.0. The zero-order chi connectivity index (χ0) is 19.2. The van der Waals surface area contributed by atoms with Crippen LogP contribution in [-0.4, -0.2) is 16.0 Å². The number of H-pyrrole nitrogens is 1. The third-order valence-electron chi connectivity index (χ3n) is 6.04. The normalized spacial score (nSPS) is 14.1. The second-order valence-electron chi connectivity index (χ2n) is 7.86. The Morgan fingerprint density at radius 2 is 1.76 bits per heavy atom. The summed E-state index contributed by atoms with van der Waals surface area (Å²) in [5, 5.41) is 7.46. The van der Waals surface area contributed by atoms with Crippen molar-refractivity contribution in [1.29, 1.82) is 0 Å². The number of benzene rings is 3. The molecule has 5 aromatic rings. The van der Waals surface area contributed by atoms with Crippen LogP contribution >= 0.6 is 11.3 Å². The number of thiophene rings is 1. The molecule has 0 fully saturated rings. The van der Waals surface area contributed by atoms with Gasteiger partial charge in [0.15, 0.2) is 0 Å². The second-order valence-corrected chi connectivity index (χ2v) is 8.77. The van der Waals surface area contributed by atoms with Gasteiger partial charge >= 0.3 is 0 Å². The number of rotatable bonds is 4. The summed E-state index contributed by atoms with van der Waals surface area (Å²) in [4.78, 5) is 7.54. The summed E-state index contributed by atoms with van der Waals surface area (Å²) in [6.07, 6.45) is 4.02. The average molecular weight is 396 g/mol. The summed E-state index contributed by atoms with van der Waals surface area (Å²) >= 11 is 1.84. The topological polar surface area (TPSA) is 40.7 Å². The lowest BCUT2D eigenvalue weighted by Crippen LogP contribution is -2.28. The third kappa shape index (κ3) is 3.05. The molecule has 0 amide bonds. The van der Waals surface area contributed by atoms with E-state index in [1.54, 1.807) is 6.33 Å². The second kappa shape index (κ2) is 6.83. The molecule has 2 heterocycles. The summed E-state index contributed by atoms with van der Waals surface area (Å²) in [7, 11) is 0. The van der Waals surface area contributed by atoms with E-state index in [-0.39, 0.29) is 0 Å². The fourth-order valence-electron chi connectivity index (χ4n) is 4.47. The van der Waals surface area contributed by atoms with Crippen molar-refractivity contribution in [2.45, 2.75) is 25.4 Å². The van der Waals surface area contributed by atoms with Crippen molar-refractivity contribution >= 4 is 32.5 Å². The standard InChI is InChI=1S/C25H21N3S/c1-2-4-17-10-21(9-16(17)3-1)26-13-20-14-29-25-8-6-18(11-22(20)25)19-5-7-23-24(12-19)28-15-27-23/h1-8,11-12,14-15,21,26H,9-10,13H2,(H,27,28). The van der Waals surface area contributed by atoms with Gasteiger partial charge in [0.2, 0.25) is 0 Å². The number of aromatic nitrogens is 2. The molecule has 4 heteroatoms. The van der Waals surface area contributed by atoms with E-state index in [1.807, 2.05) is 11.3 Å². The van der Waals surface area contributed by atoms with Crippen molar-refractivity contribution in [3.8, 4) is 11.1 Å². The maximum Gasteiger partial charge on any atom is 0.0931 e. The molecule has 6 rings (SSSR count). The quantitative estimate of drug-likeness (QED) is 0.410. The zero-order valence-corrected chi connectivity index (χ0v) is 16.8. The van der Waals surface area contributed by atoms with Crippen LogP contribution in [0.25, 0.3) is 32.2 Å². The highest BCUT2D eigenvalue weighted by Gasteiger charge is 2.20. The van der Waals surface area contributed by atoms with E-state index < -0.39 is 0 Å². The lowest BCUT2D eigenvalue weighted by atomic mass is 10.0. The first-order valence-electron chi connectivity index (χ1n) is 10.1. The van der Waals surface area contributed by atoms with E-state index in [9.17, 15) is 0 Å². The molecule has 1 aliphatic rings. The molecule has 3 nitrogen and oxygen atoms in total. The molecule has 0 saturated carbocycles. The van der Waals surface area contributed by atoms with Crippen LogP contribution in [0.2, 0.25) is 0 Å². The Hall–Kier alpha value is -2.95. The van der Waals surface area contributed by atoms with E-state index >= 15 is 0 Å². The maximum atomic E-state index is 4.32. The van der Waals surface area contributed by atoms with Crippen molar-refractivity contribution in [3.05, 3.63) is 89.1 Å². The average Bonchev–Trinajstić information content (AvgIpc) is 3.48. The molecule has 0 saturated heterocycles. The Kier molecular flexibility index (Phi) is 3.99. The minimum atomic E-state index is 0.535. The van der Waals surface area contributed by atoms with E-state index in [0.29, 0.717) is 6.04 Å². The van der Waals surface area contributed by atoms with Crippen molar-refractivity contribution in [1.82, 2.24) is 15.3 Å². The molecule has 0 bridgehead atoms. The van der Waals surface area contributed by atoms with Crippen molar-refractivity contribution in [2.75, 3.05) is 0 Å². The maximum absolute atomic E-state index is 4.32. The summed E-state index contributed by atoms with van der Waals surface area (Å²) in [6, 6.07) is 22.6. The molecular formula is C25H21N3S. The minimum absolute atomic E-state index is 0.535. The van der Waals surface area contributed by atoms with Crippen LogP contribution in [0, 0.1) is 0 Å². The van der Waals surface area contributed by atoms with Crippen molar-refractivity contribution in [3.63, 3.8) is 0 Å². The summed E-state index contributed by atoms with van der Waals surface area (Å²) < 4.78 is 1.35. The smallest absolute Gasteiger partial charge is 0.0931 e. The van der Waals surface area contributed by atoms with Gasteiger partial charge in [-0.2, -0.15) is 0 Å². The van der Waals surface area contributed by atoms with E-state index in [2.05, 4.69) is 81.3 Å². The van der Waals surface area contributed by atoms with Crippen molar-refractivity contribution in [2.24, 2.45) is 0 Å². The highest BCUT2D eigenvalue weighted by Crippen LogP contribution is 2.32. The zero-order valence-electron chi connectivity index (χ0n) is 16.0. The first-order chi connectivity index (χ1) is 14.3. The van der Waals surface area contributed by atoms with Gasteiger partial charge in [0.25, 0.3) is 0 Å². The SMILES string of the molecule is c1ccc2c(c1)CC(NCc1csc3ccc(-c4ccc5nc[nH]c5c4)cc13)C2. The van der Waals surface area contributed by atoms with Gasteiger partial charge in [-0.1, -0.05) is 36.4 Å². The Morgan fingerprint density at radius 1 is 0.966 bits per heavy atom. The van der Waals surface area contributed by atoms with Gasteiger partial charge in [-0.05, 0) is 75.7 Å². The Balaban J connectivity index is 1.26. The summed E-state index contributed by atoms with van der Waals surface area (Å²) in [5.74, 6) is 0. The summed E-state index contributed by atoms with van der Waals surface area (Å²) in [5.41, 5.74) is 8.95. The van der Waals surface area contributed by atoms with E-state index in [0.717, 1.165) is 30.4 Å². The molecule has 0 aliphatic heterocycles. The lowest BCUT2D eigenvalue weighted by molar-refractivity contribution is 0.534. The lowest BCUT2D eigenvalue weighted by Gasteiger charge is -2.11. The van der Waals surface area contributed by atoms with Crippen molar-refractivity contribution < 1.29 is 0 Å². The fourth-order valence-corrected chi connectivity index (χ4v) is 5.41. The molecule has 2 N–H and O–H groups in total. The van der Waals surface area contributed by atoms with Crippen LogP contribution in [0.15, 0.2) is 72.4 Å². The van der Waals surface area contributed by atoms with E-state index in [1.165, 1.54) is 37.9 Å².